The smallest absolute Gasteiger partial charge is 0.240 e. The van der Waals surface area contributed by atoms with Gasteiger partial charge in [0.15, 0.2) is 0 Å². The number of anilines is 1. The maximum atomic E-state index is 13.8. The summed E-state index contributed by atoms with van der Waals surface area (Å²) in [6.07, 6.45) is 0. The molecule has 0 aliphatic carbocycles. The normalized spacial score (nSPS) is 14.8. The quantitative estimate of drug-likeness (QED) is 0.229. The zero-order valence-corrected chi connectivity index (χ0v) is 24.3. The molecule has 0 saturated carbocycles. The van der Waals surface area contributed by atoms with E-state index in [1.807, 2.05) is 60.0 Å². The molecule has 0 bridgehead atoms. The van der Waals surface area contributed by atoms with Crippen LogP contribution in [0.15, 0.2) is 95.7 Å². The third kappa shape index (κ3) is 5.68. The highest BCUT2D eigenvalue weighted by Crippen LogP contribution is 2.48. The van der Waals surface area contributed by atoms with Gasteiger partial charge in [-0.15, -0.1) is 11.8 Å². The molecule has 0 saturated heterocycles. The number of thioether (sulfide) groups is 1. The lowest BCUT2D eigenvalue weighted by molar-refractivity contribution is -0.123. The summed E-state index contributed by atoms with van der Waals surface area (Å²) in [5, 5.41) is 11.9. The van der Waals surface area contributed by atoms with Crippen molar-refractivity contribution in [3.8, 4) is 22.7 Å². The summed E-state index contributed by atoms with van der Waals surface area (Å²) in [6.45, 7) is 0.0211. The van der Waals surface area contributed by atoms with Crippen LogP contribution in [-0.4, -0.2) is 41.0 Å². The number of hydrogen-bond donors (Lipinski definition) is 1. The van der Waals surface area contributed by atoms with E-state index in [1.54, 1.807) is 40.2 Å². The molecule has 7 nitrogen and oxygen atoms in total. The van der Waals surface area contributed by atoms with Crippen molar-refractivity contribution in [3.05, 3.63) is 118 Å². The van der Waals surface area contributed by atoms with E-state index in [1.165, 1.54) is 23.9 Å². The van der Waals surface area contributed by atoms with Crippen LogP contribution in [0.25, 0.3) is 16.9 Å². The number of halogens is 1. The van der Waals surface area contributed by atoms with Crippen LogP contribution in [-0.2, 0) is 16.1 Å². The molecule has 0 fully saturated rings. The molecule has 2 amide bonds. The first-order chi connectivity index (χ1) is 20.5. The van der Waals surface area contributed by atoms with Gasteiger partial charge in [0.05, 0.1) is 29.5 Å². The molecule has 3 aromatic carbocycles. The van der Waals surface area contributed by atoms with Gasteiger partial charge < -0.3 is 10.1 Å². The van der Waals surface area contributed by atoms with Crippen LogP contribution in [0.5, 0.6) is 5.75 Å². The highest BCUT2D eigenvalue weighted by molar-refractivity contribution is 8.00. The van der Waals surface area contributed by atoms with Gasteiger partial charge in [-0.1, -0.05) is 42.5 Å². The molecule has 6 rings (SSSR count). The van der Waals surface area contributed by atoms with Crippen molar-refractivity contribution >= 4 is 40.7 Å². The summed E-state index contributed by atoms with van der Waals surface area (Å²) in [5.41, 5.74) is 5.10. The second-order valence-corrected chi connectivity index (χ2v) is 11.6. The van der Waals surface area contributed by atoms with E-state index in [2.05, 4.69) is 16.8 Å². The molecule has 42 heavy (non-hydrogen) atoms. The Balaban J connectivity index is 1.47. The second kappa shape index (κ2) is 12.2. The summed E-state index contributed by atoms with van der Waals surface area (Å²) in [7, 11) is 1.61. The van der Waals surface area contributed by atoms with Crippen molar-refractivity contribution in [1.29, 1.82) is 0 Å². The molecule has 0 radical (unpaired) electrons. The summed E-state index contributed by atoms with van der Waals surface area (Å²) in [5.74, 6) is 0.581. The molecule has 10 heteroatoms. The molecular formula is C32H27FN4O3S2. The van der Waals surface area contributed by atoms with Crippen molar-refractivity contribution in [1.82, 2.24) is 15.1 Å². The summed E-state index contributed by atoms with van der Waals surface area (Å²) < 4.78 is 20.5. The van der Waals surface area contributed by atoms with Gasteiger partial charge in [0.25, 0.3) is 0 Å². The Kier molecular flexibility index (Phi) is 8.07. The van der Waals surface area contributed by atoms with E-state index in [-0.39, 0.29) is 41.7 Å². The Labute approximate surface area is 250 Å². The van der Waals surface area contributed by atoms with Crippen LogP contribution >= 0.6 is 23.1 Å². The number of hydrogen-bond acceptors (Lipinski definition) is 6. The number of nitrogens with one attached hydrogen (secondary N) is 1. The van der Waals surface area contributed by atoms with Crippen LogP contribution in [0.1, 0.15) is 21.9 Å². The zero-order chi connectivity index (χ0) is 29.1. The van der Waals surface area contributed by atoms with Gasteiger partial charge in [-0.3, -0.25) is 14.5 Å². The standard InChI is InChI=1S/C32H27FN4O3S2/c1-40-26-13-11-25(12-14-26)37-32-29(30(35-37)22-5-3-2-4-6-22)31(23-15-16-41-19-23)42-20-28(39)36(32)18-27(38)34-17-21-7-9-24(33)10-8-21/h2-16,19,31H,17-18,20H2,1H3,(H,34,38)/t31-/m0/s1. The fourth-order valence-corrected chi connectivity index (χ4v) is 6.88. The number of thiophene rings is 1. The third-order valence-electron chi connectivity index (χ3n) is 7.00. The second-order valence-electron chi connectivity index (χ2n) is 9.69. The molecular weight excluding hydrogens is 572 g/mol. The van der Waals surface area contributed by atoms with E-state index < -0.39 is 0 Å². The van der Waals surface area contributed by atoms with Crippen LogP contribution < -0.4 is 15.0 Å². The number of nitrogens with zero attached hydrogens (tertiary/aromatic N) is 3. The first kappa shape index (κ1) is 27.7. The molecule has 0 spiro atoms. The number of fused-ring (bicyclic) bond motifs is 1. The Morgan fingerprint density at radius 1 is 1.05 bits per heavy atom. The minimum Gasteiger partial charge on any atom is -0.497 e. The number of carbonyl (C=O) groups is 2. The minimum atomic E-state index is -0.341. The maximum absolute atomic E-state index is 13.8. The molecule has 5 aromatic rings. The van der Waals surface area contributed by atoms with Gasteiger partial charge in [0.1, 0.15) is 23.9 Å². The summed E-state index contributed by atoms with van der Waals surface area (Å²) in [4.78, 5) is 28.6. The Bertz CT molecular complexity index is 1690. The third-order valence-corrected chi connectivity index (χ3v) is 8.96. The average Bonchev–Trinajstić information content (AvgIpc) is 3.67. The van der Waals surface area contributed by atoms with Gasteiger partial charge >= 0.3 is 0 Å². The molecule has 1 N–H and O–H groups in total. The highest BCUT2D eigenvalue weighted by atomic mass is 32.2. The van der Waals surface area contributed by atoms with Gasteiger partial charge in [0, 0.05) is 17.7 Å². The minimum absolute atomic E-state index is 0.176. The highest BCUT2D eigenvalue weighted by Gasteiger charge is 2.37. The van der Waals surface area contributed by atoms with E-state index in [0.29, 0.717) is 11.6 Å². The Hall–Kier alpha value is -4.41. The lowest BCUT2D eigenvalue weighted by Crippen LogP contribution is -2.42. The molecule has 1 atom stereocenters. The van der Waals surface area contributed by atoms with Crippen molar-refractivity contribution < 1.29 is 18.7 Å². The summed E-state index contributed by atoms with van der Waals surface area (Å²) in [6, 6.07) is 25.4. The fourth-order valence-electron chi connectivity index (χ4n) is 4.92. The van der Waals surface area contributed by atoms with E-state index >= 15 is 0 Å². The van der Waals surface area contributed by atoms with Crippen molar-refractivity contribution in [2.45, 2.75) is 11.8 Å². The monoisotopic (exact) mass is 598 g/mol. The first-order valence-corrected chi connectivity index (χ1v) is 15.3. The van der Waals surface area contributed by atoms with Crippen LogP contribution in [0, 0.1) is 5.82 Å². The van der Waals surface area contributed by atoms with Gasteiger partial charge in [-0.05, 0) is 64.4 Å². The largest absolute Gasteiger partial charge is 0.497 e. The number of methoxy groups -OCH3 is 1. The lowest BCUT2D eigenvalue weighted by atomic mass is 10.0. The predicted molar refractivity (Wildman–Crippen MR) is 165 cm³/mol. The lowest BCUT2D eigenvalue weighted by Gasteiger charge is -2.23. The SMILES string of the molecule is COc1ccc(-n2nc(-c3ccccc3)c3c2N(CC(=O)NCc2ccc(F)cc2)C(=O)CS[C@H]3c2ccsc2)cc1. The van der Waals surface area contributed by atoms with Gasteiger partial charge in [0.2, 0.25) is 11.8 Å². The molecule has 1 aliphatic heterocycles. The van der Waals surface area contributed by atoms with Crippen LogP contribution in [0.3, 0.4) is 0 Å². The maximum Gasteiger partial charge on any atom is 0.240 e. The van der Waals surface area contributed by atoms with E-state index in [9.17, 15) is 14.0 Å². The topological polar surface area (TPSA) is 76.5 Å². The average molecular weight is 599 g/mol. The van der Waals surface area contributed by atoms with E-state index in [0.717, 1.165) is 33.6 Å². The number of amides is 2. The Morgan fingerprint density at radius 2 is 1.81 bits per heavy atom. The van der Waals surface area contributed by atoms with Gasteiger partial charge in [-0.25, -0.2) is 9.07 Å². The van der Waals surface area contributed by atoms with Crippen molar-refractivity contribution in [2.24, 2.45) is 0 Å². The van der Waals surface area contributed by atoms with Crippen LogP contribution in [0.2, 0.25) is 0 Å². The number of aromatic nitrogens is 2. The van der Waals surface area contributed by atoms with Crippen molar-refractivity contribution in [3.63, 3.8) is 0 Å². The van der Waals surface area contributed by atoms with Crippen LogP contribution in [0.4, 0.5) is 10.2 Å². The molecule has 2 aromatic heterocycles. The van der Waals surface area contributed by atoms with Crippen molar-refractivity contribution in [2.75, 3.05) is 24.3 Å². The van der Waals surface area contributed by atoms with Gasteiger partial charge in [-0.2, -0.15) is 16.4 Å². The molecule has 3 heterocycles. The Morgan fingerprint density at radius 3 is 2.50 bits per heavy atom. The van der Waals surface area contributed by atoms with E-state index in [4.69, 9.17) is 9.84 Å². The first-order valence-electron chi connectivity index (χ1n) is 13.3. The number of ether oxygens (including phenoxy) is 1. The molecule has 0 unspecified atom stereocenters. The fraction of sp³-hybridized carbons (Fsp3) is 0.156. The number of benzene rings is 3. The zero-order valence-electron chi connectivity index (χ0n) is 22.7. The summed E-state index contributed by atoms with van der Waals surface area (Å²) >= 11 is 3.13. The predicted octanol–water partition coefficient (Wildman–Crippen LogP) is 6.23. The number of carbonyl (C=O) groups excluding carboxylic acids is 2. The molecule has 1 aliphatic rings. The molecule has 212 valence electrons. The number of rotatable bonds is 8.